The minimum Gasteiger partial charge on any atom is -0.406 e. The molecule has 1 aromatic carbocycles. The maximum absolute atomic E-state index is 12.5. The molecule has 142 valence electrons. The highest BCUT2D eigenvalue weighted by atomic mass is 19.4. The molecule has 27 heavy (non-hydrogen) atoms. The number of benzene rings is 1. The van der Waals surface area contributed by atoms with Gasteiger partial charge in [0.05, 0.1) is 18.0 Å². The van der Waals surface area contributed by atoms with Crippen LogP contribution in [0.3, 0.4) is 0 Å². The van der Waals surface area contributed by atoms with Crippen LogP contribution in [0.25, 0.3) is 16.9 Å². The zero-order valence-corrected chi connectivity index (χ0v) is 14.1. The van der Waals surface area contributed by atoms with Crippen molar-refractivity contribution in [3.8, 4) is 17.0 Å². The third-order valence-corrected chi connectivity index (χ3v) is 4.48. The summed E-state index contributed by atoms with van der Waals surface area (Å²) in [5, 5.41) is 17.4. The summed E-state index contributed by atoms with van der Waals surface area (Å²) in [4.78, 5) is 4.25. The number of nitrogens with zero attached hydrogens (tertiary/aromatic N) is 3. The summed E-state index contributed by atoms with van der Waals surface area (Å²) in [6, 6.07) is 9.40. The average molecular weight is 378 g/mol. The van der Waals surface area contributed by atoms with Crippen molar-refractivity contribution in [2.24, 2.45) is 0 Å². The van der Waals surface area contributed by atoms with E-state index in [1.165, 1.54) is 18.2 Å². The number of anilines is 1. The maximum atomic E-state index is 12.5. The van der Waals surface area contributed by atoms with Gasteiger partial charge >= 0.3 is 6.36 Å². The molecule has 0 aliphatic heterocycles. The average Bonchev–Trinajstić information content (AvgIpc) is 3.19. The van der Waals surface area contributed by atoms with Crippen molar-refractivity contribution in [1.29, 1.82) is 0 Å². The predicted molar refractivity (Wildman–Crippen MR) is 92.4 cm³/mol. The zero-order valence-electron chi connectivity index (χ0n) is 14.1. The van der Waals surface area contributed by atoms with Gasteiger partial charge in [-0.15, -0.1) is 18.3 Å². The topological polar surface area (TPSA) is 71.7 Å². The van der Waals surface area contributed by atoms with Crippen molar-refractivity contribution in [2.75, 3.05) is 5.32 Å². The van der Waals surface area contributed by atoms with E-state index in [9.17, 15) is 18.3 Å². The second-order valence-corrected chi connectivity index (χ2v) is 6.52. The molecule has 0 amide bonds. The van der Waals surface area contributed by atoms with Crippen LogP contribution < -0.4 is 10.1 Å². The summed E-state index contributed by atoms with van der Waals surface area (Å²) < 4.78 is 43.0. The van der Waals surface area contributed by atoms with Crippen LogP contribution in [0.1, 0.15) is 19.3 Å². The third kappa shape index (κ3) is 3.97. The lowest BCUT2D eigenvalue weighted by atomic mass is 10.1. The molecule has 9 heteroatoms. The largest absolute Gasteiger partial charge is 0.573 e. The normalized spacial score (nSPS) is 20.1. The summed E-state index contributed by atoms with van der Waals surface area (Å²) >= 11 is 0. The number of ether oxygens (including phenoxy) is 1. The molecule has 0 spiro atoms. The second-order valence-electron chi connectivity index (χ2n) is 6.52. The van der Waals surface area contributed by atoms with Crippen molar-refractivity contribution in [2.45, 2.75) is 37.8 Å². The predicted octanol–water partition coefficient (Wildman–Crippen LogP) is 3.62. The maximum Gasteiger partial charge on any atom is 0.573 e. The van der Waals surface area contributed by atoms with Crippen molar-refractivity contribution in [3.63, 3.8) is 0 Å². The number of fused-ring (bicyclic) bond motifs is 1. The summed E-state index contributed by atoms with van der Waals surface area (Å²) in [6.45, 7) is 0. The number of rotatable bonds is 4. The summed E-state index contributed by atoms with van der Waals surface area (Å²) in [5.74, 6) is 0.313. The van der Waals surface area contributed by atoms with Crippen LogP contribution in [-0.4, -0.2) is 38.2 Å². The van der Waals surface area contributed by atoms with Gasteiger partial charge in [0.2, 0.25) is 0 Å². The van der Waals surface area contributed by atoms with Crippen LogP contribution in [0.5, 0.6) is 5.75 Å². The molecule has 2 atom stereocenters. The molecule has 1 aliphatic rings. The molecule has 2 heterocycles. The molecule has 2 aromatic heterocycles. The molecular formula is C18H17F3N4O2. The molecule has 0 saturated heterocycles. The first kappa shape index (κ1) is 17.6. The molecule has 0 radical (unpaired) electrons. The van der Waals surface area contributed by atoms with Crippen LogP contribution >= 0.6 is 0 Å². The fourth-order valence-corrected chi connectivity index (χ4v) is 3.30. The van der Waals surface area contributed by atoms with Gasteiger partial charge in [-0.2, -0.15) is 0 Å². The van der Waals surface area contributed by atoms with Crippen molar-refractivity contribution >= 4 is 11.5 Å². The molecule has 1 saturated carbocycles. The van der Waals surface area contributed by atoms with Crippen molar-refractivity contribution < 1.29 is 23.0 Å². The Morgan fingerprint density at radius 1 is 1.19 bits per heavy atom. The molecule has 4 rings (SSSR count). The van der Waals surface area contributed by atoms with Gasteiger partial charge < -0.3 is 15.2 Å². The van der Waals surface area contributed by atoms with E-state index in [1.807, 2.05) is 0 Å². The quantitative estimate of drug-likeness (QED) is 0.726. The Morgan fingerprint density at radius 2 is 2.04 bits per heavy atom. The number of alkyl halides is 3. The van der Waals surface area contributed by atoms with Crippen LogP contribution in [0.15, 0.2) is 42.6 Å². The first-order valence-corrected chi connectivity index (χ1v) is 8.53. The second kappa shape index (κ2) is 6.73. The Kier molecular flexibility index (Phi) is 4.39. The minimum atomic E-state index is -4.75. The lowest BCUT2D eigenvalue weighted by Gasteiger charge is -2.13. The Labute approximate surface area is 152 Å². The number of hydrogen-bond acceptors (Lipinski definition) is 5. The SMILES string of the molecule is O[C@@H]1CC[C@@H](Nc2ccc3ncc(-c4cccc(OC(F)(F)F)c4)n3n2)C1. The summed E-state index contributed by atoms with van der Waals surface area (Å²) in [6.07, 6.45) is -1.23. The van der Waals surface area contributed by atoms with Gasteiger partial charge in [0, 0.05) is 11.6 Å². The lowest BCUT2D eigenvalue weighted by molar-refractivity contribution is -0.274. The van der Waals surface area contributed by atoms with E-state index in [0.29, 0.717) is 29.1 Å². The summed E-state index contributed by atoms with van der Waals surface area (Å²) in [5.41, 5.74) is 1.63. The smallest absolute Gasteiger partial charge is 0.406 e. The lowest BCUT2D eigenvalue weighted by Crippen LogP contribution is -2.18. The fraction of sp³-hybridized carbons (Fsp3) is 0.333. The number of aliphatic hydroxyl groups excluding tert-OH is 1. The Morgan fingerprint density at radius 3 is 2.78 bits per heavy atom. The van der Waals surface area contributed by atoms with E-state index < -0.39 is 6.36 Å². The number of halogens is 3. The van der Waals surface area contributed by atoms with E-state index >= 15 is 0 Å². The highest BCUT2D eigenvalue weighted by Gasteiger charge is 2.31. The zero-order chi connectivity index (χ0) is 19.0. The first-order valence-electron chi connectivity index (χ1n) is 8.53. The van der Waals surface area contributed by atoms with Crippen LogP contribution in [0.2, 0.25) is 0 Å². The first-order chi connectivity index (χ1) is 12.9. The summed E-state index contributed by atoms with van der Waals surface area (Å²) in [7, 11) is 0. The molecular weight excluding hydrogens is 361 g/mol. The molecule has 0 unspecified atom stereocenters. The molecule has 3 aromatic rings. The van der Waals surface area contributed by atoms with Gasteiger partial charge in [-0.3, -0.25) is 0 Å². The monoisotopic (exact) mass is 378 g/mol. The van der Waals surface area contributed by atoms with Crippen LogP contribution in [0.4, 0.5) is 19.0 Å². The van der Waals surface area contributed by atoms with E-state index in [0.717, 1.165) is 12.8 Å². The molecule has 1 aliphatic carbocycles. The van der Waals surface area contributed by atoms with Crippen LogP contribution in [-0.2, 0) is 0 Å². The Bertz CT molecular complexity index is 957. The van der Waals surface area contributed by atoms with Gasteiger partial charge in [0.25, 0.3) is 0 Å². The van der Waals surface area contributed by atoms with Gasteiger partial charge in [0.1, 0.15) is 11.6 Å². The van der Waals surface area contributed by atoms with Crippen LogP contribution in [0, 0.1) is 0 Å². The molecule has 2 N–H and O–H groups in total. The highest BCUT2D eigenvalue weighted by Crippen LogP contribution is 2.29. The van der Waals surface area contributed by atoms with Crippen molar-refractivity contribution in [3.05, 3.63) is 42.6 Å². The fourth-order valence-electron chi connectivity index (χ4n) is 3.30. The number of aliphatic hydroxyl groups is 1. The number of aromatic nitrogens is 3. The van der Waals surface area contributed by atoms with Gasteiger partial charge in [-0.1, -0.05) is 12.1 Å². The Balaban J connectivity index is 1.64. The van der Waals surface area contributed by atoms with Gasteiger partial charge in [-0.05, 0) is 43.5 Å². The van der Waals surface area contributed by atoms with Crippen molar-refractivity contribution in [1.82, 2.24) is 14.6 Å². The van der Waals surface area contributed by atoms with E-state index in [-0.39, 0.29) is 17.9 Å². The van der Waals surface area contributed by atoms with Gasteiger partial charge in [-0.25, -0.2) is 9.50 Å². The number of hydrogen-bond donors (Lipinski definition) is 2. The standard InChI is InChI=1S/C18H17F3N4O2/c19-18(20,21)27-14-3-1-2-11(8-14)15-10-22-17-7-6-16(24-25(15)17)23-12-4-5-13(26)9-12/h1-3,6-8,10,12-13,26H,4-5,9H2,(H,23,24)/t12-,13-/m1/s1. The van der Waals surface area contributed by atoms with E-state index in [1.54, 1.807) is 28.9 Å². The number of imidazole rings is 1. The molecule has 0 bridgehead atoms. The minimum absolute atomic E-state index is 0.139. The van der Waals surface area contributed by atoms with Gasteiger partial charge in [0.15, 0.2) is 5.65 Å². The van der Waals surface area contributed by atoms with E-state index in [4.69, 9.17) is 0 Å². The molecule has 6 nitrogen and oxygen atoms in total. The third-order valence-electron chi connectivity index (χ3n) is 4.48. The highest BCUT2D eigenvalue weighted by molar-refractivity contribution is 5.65. The Hall–Kier alpha value is -2.81. The number of nitrogens with one attached hydrogen (secondary N) is 1. The van der Waals surface area contributed by atoms with E-state index in [2.05, 4.69) is 20.1 Å². The molecule has 1 fully saturated rings.